The van der Waals surface area contributed by atoms with E-state index in [1.165, 1.54) is 0 Å². The molecule has 5 amide bonds. The number of phenolic OH excluding ortho intramolecular Hbond substituents is 1. The van der Waals surface area contributed by atoms with Gasteiger partial charge in [0.1, 0.15) is 18.0 Å². The van der Waals surface area contributed by atoms with Crippen LogP contribution in [0.2, 0.25) is 0 Å². The van der Waals surface area contributed by atoms with Crippen molar-refractivity contribution in [2.24, 2.45) is 7.05 Å². The molecule has 1 aromatic heterocycles. The third-order valence-electron chi connectivity index (χ3n) is 11.2. The predicted octanol–water partition coefficient (Wildman–Crippen LogP) is 6.22. The van der Waals surface area contributed by atoms with E-state index in [1.807, 2.05) is 115 Å². The number of fused-ring (bicyclic) bond motifs is 2. The van der Waals surface area contributed by atoms with E-state index in [9.17, 15) is 24.3 Å². The van der Waals surface area contributed by atoms with Crippen molar-refractivity contribution in [1.82, 2.24) is 35.0 Å². The van der Waals surface area contributed by atoms with Crippen LogP contribution in [-0.2, 0) is 42.7 Å². The number of benzene rings is 5. The summed E-state index contributed by atoms with van der Waals surface area (Å²) >= 11 is 0. The van der Waals surface area contributed by atoms with Gasteiger partial charge in [-0.25, -0.2) is 14.8 Å². The highest BCUT2D eigenvalue weighted by Crippen LogP contribution is 2.35. The van der Waals surface area contributed by atoms with Gasteiger partial charge in [0.15, 0.2) is 0 Å². The maximum atomic E-state index is 14.8. The Labute approximate surface area is 348 Å². The van der Waals surface area contributed by atoms with Crippen molar-refractivity contribution in [3.63, 3.8) is 0 Å². The zero-order valence-corrected chi connectivity index (χ0v) is 33.4. The van der Waals surface area contributed by atoms with Gasteiger partial charge in [0, 0.05) is 62.4 Å². The van der Waals surface area contributed by atoms with Crippen molar-refractivity contribution in [2.75, 3.05) is 19.6 Å². The summed E-state index contributed by atoms with van der Waals surface area (Å²) in [5, 5.41) is 20.3. The van der Waals surface area contributed by atoms with E-state index < -0.39 is 18.2 Å². The summed E-state index contributed by atoms with van der Waals surface area (Å²) in [6.07, 6.45) is 3.06. The number of para-hydroxylation sites is 1. The molecule has 2 saturated heterocycles. The molecule has 0 aliphatic carbocycles. The Balaban J connectivity index is 1.12. The smallest absolute Gasteiger partial charge is 0.334 e. The summed E-state index contributed by atoms with van der Waals surface area (Å²) < 4.78 is 2.04. The van der Waals surface area contributed by atoms with Crippen LogP contribution < -0.4 is 10.6 Å². The van der Waals surface area contributed by atoms with E-state index in [0.717, 1.165) is 44.3 Å². The fourth-order valence-electron chi connectivity index (χ4n) is 8.38. The second-order valence-corrected chi connectivity index (χ2v) is 15.2. The lowest BCUT2D eigenvalue weighted by atomic mass is 9.97. The molecule has 0 bridgehead atoms. The van der Waals surface area contributed by atoms with E-state index in [2.05, 4.69) is 17.2 Å². The van der Waals surface area contributed by atoms with Gasteiger partial charge in [-0.05, 0) is 52.1 Å². The Hall–Kier alpha value is -7.18. The number of amides is 5. The first-order chi connectivity index (χ1) is 29.2. The topological polar surface area (TPSA) is 130 Å². The van der Waals surface area contributed by atoms with Crippen LogP contribution >= 0.6 is 0 Å². The third kappa shape index (κ3) is 8.23. The number of rotatable bonds is 12. The average Bonchev–Trinajstić information content (AvgIpc) is 3.61. The van der Waals surface area contributed by atoms with Crippen molar-refractivity contribution in [3.05, 3.63) is 174 Å². The number of aryl methyl sites for hydroxylation is 1. The number of nitrogens with zero attached hydrogens (tertiary/aromatic N) is 5. The highest BCUT2D eigenvalue weighted by Gasteiger charge is 2.51. The summed E-state index contributed by atoms with van der Waals surface area (Å²) in [5.41, 5.74) is 6.86. The van der Waals surface area contributed by atoms with Crippen LogP contribution in [0.15, 0.2) is 146 Å². The molecule has 0 radical (unpaired) electrons. The van der Waals surface area contributed by atoms with Gasteiger partial charge < -0.3 is 30.1 Å². The molecule has 2 aliphatic heterocycles. The predicted molar refractivity (Wildman–Crippen MR) is 230 cm³/mol. The summed E-state index contributed by atoms with van der Waals surface area (Å²) in [6.45, 7) is 5.00. The number of carbonyl (C=O) groups is 4. The molecule has 2 atom stereocenters. The molecular weight excluding hydrogens is 755 g/mol. The van der Waals surface area contributed by atoms with Gasteiger partial charge in [-0.3, -0.25) is 14.4 Å². The standard InChI is InChI=1S/C48H47N7O5/c1-3-24-53-32-44(57)54-42(25-33-20-22-39(56)23-21-33)47(59)52(31-43(54)55(53)48(60)50-28-35-14-8-5-9-15-35)29-38-18-11-19-40-41(30-51(2)45(38)40)36-16-10-17-37(26-36)46(58)49-27-34-12-6-4-7-13-34/h3-23,26,30,42-43,56H,1,24-25,27-29,31-32H2,2H3,(H,49,58)(H,50,60)/t42-,43-/m0/s1. The first kappa shape index (κ1) is 39.6. The fraction of sp³-hybridized carbons (Fsp3) is 0.208. The second kappa shape index (κ2) is 17.4. The van der Waals surface area contributed by atoms with E-state index >= 15 is 0 Å². The SMILES string of the molecule is C=CCN1CC(=O)N2[C@@H](Cc3ccc(O)cc3)C(=O)N(Cc3cccc4c(-c5cccc(C(=O)NCc6ccccc6)c5)cn(C)c34)C[C@@H]2N1C(=O)NCc1ccccc1. The molecule has 0 spiro atoms. The largest absolute Gasteiger partial charge is 0.508 e. The zero-order chi connectivity index (χ0) is 41.8. The van der Waals surface area contributed by atoms with Crippen LogP contribution in [0.3, 0.4) is 0 Å². The number of urea groups is 1. The molecule has 8 rings (SSSR count). The minimum atomic E-state index is -0.921. The number of piperazine rings is 1. The fourth-order valence-corrected chi connectivity index (χ4v) is 8.38. The molecule has 5 aromatic carbocycles. The lowest BCUT2D eigenvalue weighted by Gasteiger charge is -2.55. The lowest BCUT2D eigenvalue weighted by Crippen LogP contribution is -2.76. The highest BCUT2D eigenvalue weighted by molar-refractivity contribution is 6.01. The van der Waals surface area contributed by atoms with Gasteiger partial charge in [0.05, 0.1) is 18.6 Å². The second-order valence-electron chi connectivity index (χ2n) is 15.2. The maximum Gasteiger partial charge on any atom is 0.334 e. The molecule has 3 N–H and O–H groups in total. The van der Waals surface area contributed by atoms with Crippen molar-refractivity contribution < 1.29 is 24.3 Å². The molecule has 12 nitrogen and oxygen atoms in total. The Kier molecular flexibility index (Phi) is 11.5. The first-order valence-corrected chi connectivity index (χ1v) is 20.0. The summed E-state index contributed by atoms with van der Waals surface area (Å²) in [7, 11) is 1.96. The van der Waals surface area contributed by atoms with Crippen molar-refractivity contribution in [1.29, 1.82) is 0 Å². The average molecular weight is 802 g/mol. The molecule has 60 heavy (non-hydrogen) atoms. The quantitative estimate of drug-likeness (QED) is 0.126. The van der Waals surface area contributed by atoms with Gasteiger partial charge in [-0.1, -0.05) is 109 Å². The summed E-state index contributed by atoms with van der Waals surface area (Å²) in [4.78, 5) is 59.7. The molecule has 0 saturated carbocycles. The Morgan fingerprint density at radius 3 is 2.20 bits per heavy atom. The molecule has 0 unspecified atom stereocenters. The van der Waals surface area contributed by atoms with Crippen LogP contribution in [0.5, 0.6) is 5.75 Å². The summed E-state index contributed by atoms with van der Waals surface area (Å²) in [6, 6.07) is 38.2. The monoisotopic (exact) mass is 801 g/mol. The van der Waals surface area contributed by atoms with Gasteiger partial charge in [0.25, 0.3) is 5.91 Å². The van der Waals surface area contributed by atoms with Crippen LogP contribution in [-0.4, -0.2) is 85.1 Å². The van der Waals surface area contributed by atoms with Crippen LogP contribution in [0.1, 0.15) is 32.6 Å². The maximum absolute atomic E-state index is 14.8. The van der Waals surface area contributed by atoms with E-state index in [0.29, 0.717) is 12.1 Å². The Morgan fingerprint density at radius 2 is 1.50 bits per heavy atom. The van der Waals surface area contributed by atoms with Gasteiger partial charge in [0.2, 0.25) is 11.8 Å². The van der Waals surface area contributed by atoms with E-state index in [4.69, 9.17) is 0 Å². The Bertz CT molecular complexity index is 2540. The highest BCUT2D eigenvalue weighted by atomic mass is 16.3. The number of nitrogens with one attached hydrogen (secondary N) is 2. The number of hydrogen-bond acceptors (Lipinski definition) is 6. The van der Waals surface area contributed by atoms with Crippen LogP contribution in [0.4, 0.5) is 4.79 Å². The minimum absolute atomic E-state index is 0.0663. The van der Waals surface area contributed by atoms with Crippen molar-refractivity contribution >= 4 is 34.7 Å². The third-order valence-corrected chi connectivity index (χ3v) is 11.2. The Morgan fingerprint density at radius 1 is 0.817 bits per heavy atom. The first-order valence-electron chi connectivity index (χ1n) is 20.0. The van der Waals surface area contributed by atoms with Crippen LogP contribution in [0, 0.1) is 0 Å². The molecule has 2 aliphatic rings. The number of hydrogen-bond donors (Lipinski definition) is 3. The molecule has 12 heteroatoms. The molecule has 6 aromatic rings. The molecular formula is C48H47N7O5. The lowest BCUT2D eigenvalue weighted by molar-refractivity contribution is -0.189. The van der Waals surface area contributed by atoms with Crippen molar-refractivity contribution in [2.45, 2.75) is 38.3 Å². The van der Waals surface area contributed by atoms with Gasteiger partial charge in [-0.15, -0.1) is 6.58 Å². The van der Waals surface area contributed by atoms with Crippen LogP contribution in [0.25, 0.3) is 22.0 Å². The minimum Gasteiger partial charge on any atom is -0.508 e. The van der Waals surface area contributed by atoms with Gasteiger partial charge in [-0.2, -0.15) is 0 Å². The van der Waals surface area contributed by atoms with E-state index in [1.54, 1.807) is 56.2 Å². The number of aromatic hydroxyl groups is 1. The molecule has 2 fully saturated rings. The zero-order valence-electron chi connectivity index (χ0n) is 33.4. The normalized spacial score (nSPS) is 16.8. The van der Waals surface area contributed by atoms with E-state index in [-0.39, 0.29) is 62.6 Å². The number of hydrazine groups is 1. The molecule has 3 heterocycles. The molecule has 304 valence electrons. The van der Waals surface area contributed by atoms with Crippen molar-refractivity contribution in [3.8, 4) is 16.9 Å². The van der Waals surface area contributed by atoms with Gasteiger partial charge >= 0.3 is 6.03 Å². The number of phenols is 1. The number of aromatic nitrogens is 1. The summed E-state index contributed by atoms with van der Waals surface area (Å²) in [5.74, 6) is -0.584. The number of carbonyl (C=O) groups excluding carboxylic acids is 4.